The Morgan fingerprint density at radius 3 is 2.48 bits per heavy atom. The van der Waals surface area contributed by atoms with Crippen LogP contribution < -0.4 is 0 Å². The van der Waals surface area contributed by atoms with Crippen LogP contribution in [0.5, 0.6) is 0 Å². The summed E-state index contributed by atoms with van der Waals surface area (Å²) in [5, 5.41) is 14.0. The Hall–Kier alpha value is -2.93. The predicted octanol–water partition coefficient (Wildman–Crippen LogP) is 4.92. The first kappa shape index (κ1) is 18.1. The highest BCUT2D eigenvalue weighted by atomic mass is 32.2. The van der Waals surface area contributed by atoms with E-state index in [9.17, 15) is 0 Å². The van der Waals surface area contributed by atoms with Gasteiger partial charge >= 0.3 is 0 Å². The molecule has 2 aromatic carbocycles. The summed E-state index contributed by atoms with van der Waals surface area (Å²) >= 11 is 1.73. The van der Waals surface area contributed by atoms with E-state index in [1.807, 2.05) is 36.4 Å². The quantitative estimate of drug-likeness (QED) is 0.307. The van der Waals surface area contributed by atoms with E-state index in [0.717, 1.165) is 40.8 Å². The molecule has 0 unspecified atom stereocenters. The summed E-state index contributed by atoms with van der Waals surface area (Å²) in [7, 11) is 0. The number of para-hydroxylation sites is 1. The second-order valence-electron chi connectivity index (χ2n) is 7.12. The van der Waals surface area contributed by atoms with E-state index >= 15 is 0 Å². The fourth-order valence-corrected chi connectivity index (χ4v) is 4.15. The summed E-state index contributed by atoms with van der Waals surface area (Å²) in [6, 6.07) is 20.3. The van der Waals surface area contributed by atoms with Gasteiger partial charge in [0.1, 0.15) is 5.82 Å². The Labute approximate surface area is 173 Å². The topological polar surface area (TPSA) is 69.6 Å². The Morgan fingerprint density at radius 2 is 1.72 bits per heavy atom. The summed E-state index contributed by atoms with van der Waals surface area (Å²) in [5.41, 5.74) is 2.10. The van der Waals surface area contributed by atoms with Crippen molar-refractivity contribution in [1.29, 1.82) is 0 Å². The third kappa shape index (κ3) is 4.10. The molecule has 6 nitrogen and oxygen atoms in total. The Balaban J connectivity index is 1.22. The molecule has 0 radical (unpaired) electrons. The maximum atomic E-state index is 5.40. The summed E-state index contributed by atoms with van der Waals surface area (Å²) in [6.45, 7) is 0. The fraction of sp³-hybridized carbons (Fsp3) is 0.273. The summed E-state index contributed by atoms with van der Waals surface area (Å²) in [6.07, 6.45) is 4.09. The van der Waals surface area contributed by atoms with Gasteiger partial charge in [0.25, 0.3) is 0 Å². The van der Waals surface area contributed by atoms with E-state index in [2.05, 4.69) is 49.2 Å². The van der Waals surface area contributed by atoms with E-state index < -0.39 is 0 Å². The van der Waals surface area contributed by atoms with Gasteiger partial charge in [-0.2, -0.15) is 4.98 Å². The van der Waals surface area contributed by atoms with E-state index in [0.29, 0.717) is 17.6 Å². The SMILES string of the molecule is c1ccc(-c2noc(CCCSc3nnc(C4CC4)n3-c3ccccc3)n2)cc1. The molecular formula is C22H21N5OS. The van der Waals surface area contributed by atoms with Crippen LogP contribution in [0.1, 0.15) is 36.9 Å². The van der Waals surface area contributed by atoms with Gasteiger partial charge in [0.15, 0.2) is 5.16 Å². The zero-order valence-electron chi connectivity index (χ0n) is 15.9. The lowest BCUT2D eigenvalue weighted by Crippen LogP contribution is -2.02. The van der Waals surface area contributed by atoms with Gasteiger partial charge in [-0.05, 0) is 31.4 Å². The summed E-state index contributed by atoms with van der Waals surface area (Å²) in [4.78, 5) is 4.51. The second-order valence-corrected chi connectivity index (χ2v) is 8.18. The number of rotatable bonds is 8. The highest BCUT2D eigenvalue weighted by Gasteiger charge is 2.30. The molecule has 1 aliphatic carbocycles. The molecule has 7 heteroatoms. The van der Waals surface area contributed by atoms with Crippen molar-refractivity contribution in [2.45, 2.75) is 36.8 Å². The van der Waals surface area contributed by atoms with Crippen molar-refractivity contribution >= 4 is 11.8 Å². The molecule has 2 aromatic heterocycles. The van der Waals surface area contributed by atoms with Crippen molar-refractivity contribution in [2.75, 3.05) is 5.75 Å². The molecule has 0 N–H and O–H groups in total. The Morgan fingerprint density at radius 1 is 0.966 bits per heavy atom. The molecule has 1 aliphatic rings. The maximum Gasteiger partial charge on any atom is 0.226 e. The van der Waals surface area contributed by atoms with Crippen molar-refractivity contribution < 1.29 is 4.52 Å². The van der Waals surface area contributed by atoms with Crippen LogP contribution in [0.15, 0.2) is 70.3 Å². The van der Waals surface area contributed by atoms with Gasteiger partial charge in [-0.25, -0.2) is 0 Å². The molecule has 0 spiro atoms. The average Bonchev–Trinajstić information content (AvgIpc) is 3.36. The summed E-state index contributed by atoms with van der Waals surface area (Å²) < 4.78 is 7.62. The van der Waals surface area contributed by atoms with Crippen LogP contribution in [0.2, 0.25) is 0 Å². The van der Waals surface area contributed by atoms with Gasteiger partial charge in [0.05, 0.1) is 0 Å². The highest BCUT2D eigenvalue weighted by Crippen LogP contribution is 2.41. The van der Waals surface area contributed by atoms with Gasteiger partial charge in [0, 0.05) is 29.3 Å². The van der Waals surface area contributed by atoms with Gasteiger partial charge in [-0.1, -0.05) is 65.4 Å². The normalized spacial score (nSPS) is 13.7. The van der Waals surface area contributed by atoms with Gasteiger partial charge < -0.3 is 4.52 Å². The van der Waals surface area contributed by atoms with E-state index in [1.54, 1.807) is 11.8 Å². The van der Waals surface area contributed by atoms with Crippen molar-refractivity contribution in [3.63, 3.8) is 0 Å². The van der Waals surface area contributed by atoms with Gasteiger partial charge in [-0.15, -0.1) is 10.2 Å². The zero-order valence-corrected chi connectivity index (χ0v) is 16.8. The second kappa shape index (κ2) is 8.21. The van der Waals surface area contributed by atoms with Crippen LogP contribution in [0, 0.1) is 0 Å². The molecule has 146 valence electrons. The molecular weight excluding hydrogens is 382 g/mol. The predicted molar refractivity (Wildman–Crippen MR) is 112 cm³/mol. The number of aromatic nitrogens is 5. The third-order valence-electron chi connectivity index (χ3n) is 4.88. The van der Waals surface area contributed by atoms with Crippen molar-refractivity contribution in [1.82, 2.24) is 24.9 Å². The monoisotopic (exact) mass is 403 g/mol. The summed E-state index contributed by atoms with van der Waals surface area (Å²) in [5.74, 6) is 3.87. The Kier molecular flexibility index (Phi) is 5.13. The molecule has 1 saturated carbocycles. The lowest BCUT2D eigenvalue weighted by atomic mass is 10.2. The van der Waals surface area contributed by atoms with Crippen LogP contribution in [-0.4, -0.2) is 30.7 Å². The molecule has 0 atom stereocenters. The molecule has 1 fully saturated rings. The average molecular weight is 404 g/mol. The first-order valence-electron chi connectivity index (χ1n) is 9.90. The third-order valence-corrected chi connectivity index (χ3v) is 5.90. The number of aryl methyl sites for hydroxylation is 1. The molecule has 5 rings (SSSR count). The van der Waals surface area contributed by atoms with Crippen LogP contribution >= 0.6 is 11.8 Å². The van der Waals surface area contributed by atoms with Gasteiger partial charge in [0.2, 0.25) is 11.7 Å². The van der Waals surface area contributed by atoms with Gasteiger partial charge in [-0.3, -0.25) is 4.57 Å². The lowest BCUT2D eigenvalue weighted by Gasteiger charge is -2.09. The fourth-order valence-electron chi connectivity index (χ4n) is 3.25. The highest BCUT2D eigenvalue weighted by molar-refractivity contribution is 7.99. The lowest BCUT2D eigenvalue weighted by molar-refractivity contribution is 0.378. The first-order valence-corrected chi connectivity index (χ1v) is 10.9. The molecule has 0 saturated heterocycles. The number of benzene rings is 2. The largest absolute Gasteiger partial charge is 0.339 e. The number of hydrogen-bond acceptors (Lipinski definition) is 6. The van der Waals surface area contributed by atoms with Crippen molar-refractivity contribution in [3.8, 4) is 17.1 Å². The van der Waals surface area contributed by atoms with Crippen molar-refractivity contribution in [3.05, 3.63) is 72.4 Å². The smallest absolute Gasteiger partial charge is 0.226 e. The van der Waals surface area contributed by atoms with E-state index in [1.165, 1.54) is 12.8 Å². The zero-order chi connectivity index (χ0) is 19.5. The van der Waals surface area contributed by atoms with E-state index in [4.69, 9.17) is 4.52 Å². The van der Waals surface area contributed by atoms with Crippen LogP contribution in [0.4, 0.5) is 0 Å². The minimum atomic E-state index is 0.548. The standard InChI is InChI=1S/C22H21N5OS/c1-3-8-16(9-4-1)20-23-19(28-26-20)12-7-15-29-22-25-24-21(17-13-14-17)27(22)18-10-5-2-6-11-18/h1-6,8-11,17H,7,12-15H2. The van der Waals surface area contributed by atoms with E-state index in [-0.39, 0.29) is 0 Å². The number of nitrogens with zero attached hydrogens (tertiary/aromatic N) is 5. The number of hydrogen-bond donors (Lipinski definition) is 0. The van der Waals surface area contributed by atoms with Crippen molar-refractivity contribution in [2.24, 2.45) is 0 Å². The van der Waals surface area contributed by atoms with Crippen LogP contribution in [0.3, 0.4) is 0 Å². The van der Waals surface area contributed by atoms with Crippen LogP contribution in [-0.2, 0) is 6.42 Å². The Bertz CT molecular complexity index is 1070. The molecule has 29 heavy (non-hydrogen) atoms. The minimum absolute atomic E-state index is 0.548. The number of thioether (sulfide) groups is 1. The molecule has 0 amide bonds. The minimum Gasteiger partial charge on any atom is -0.339 e. The first-order chi connectivity index (χ1) is 14.4. The molecule has 4 aromatic rings. The molecule has 0 bridgehead atoms. The molecule has 2 heterocycles. The maximum absolute atomic E-state index is 5.40. The van der Waals surface area contributed by atoms with Crippen LogP contribution in [0.25, 0.3) is 17.1 Å². The molecule has 0 aliphatic heterocycles.